The van der Waals surface area contributed by atoms with Crippen LogP contribution in [0.4, 0.5) is 5.69 Å². The molecule has 1 atom stereocenters. The van der Waals surface area contributed by atoms with Gasteiger partial charge < -0.3 is 20.1 Å². The SMILES string of the molecule is CCc1nncn1CCNC(=NC)NCC1CCN(c2cccc(Br)c2)C1. The van der Waals surface area contributed by atoms with Crippen LogP contribution in [0.3, 0.4) is 0 Å². The highest BCUT2D eigenvalue weighted by atomic mass is 79.9. The molecule has 2 aromatic rings. The summed E-state index contributed by atoms with van der Waals surface area (Å²) in [6.07, 6.45) is 3.87. The van der Waals surface area contributed by atoms with Gasteiger partial charge in [0.25, 0.3) is 0 Å². The zero-order chi connectivity index (χ0) is 19.1. The Balaban J connectivity index is 1.41. The summed E-state index contributed by atoms with van der Waals surface area (Å²) in [6, 6.07) is 8.52. The van der Waals surface area contributed by atoms with Crippen LogP contribution < -0.4 is 15.5 Å². The van der Waals surface area contributed by atoms with Crippen LogP contribution in [0.15, 0.2) is 40.1 Å². The first kappa shape index (κ1) is 19.7. The summed E-state index contributed by atoms with van der Waals surface area (Å²) in [5.74, 6) is 2.48. The van der Waals surface area contributed by atoms with Crippen molar-refractivity contribution >= 4 is 27.6 Å². The number of hydrogen-bond donors (Lipinski definition) is 2. The van der Waals surface area contributed by atoms with E-state index < -0.39 is 0 Å². The van der Waals surface area contributed by atoms with Gasteiger partial charge in [0, 0.05) is 56.4 Å². The van der Waals surface area contributed by atoms with E-state index in [0.29, 0.717) is 5.92 Å². The van der Waals surface area contributed by atoms with Crippen LogP contribution in [0.25, 0.3) is 0 Å². The minimum absolute atomic E-state index is 0.618. The largest absolute Gasteiger partial charge is 0.371 e. The van der Waals surface area contributed by atoms with Crippen molar-refractivity contribution in [3.8, 4) is 0 Å². The molecule has 0 spiro atoms. The van der Waals surface area contributed by atoms with Gasteiger partial charge in [0.15, 0.2) is 5.96 Å². The van der Waals surface area contributed by atoms with Crippen LogP contribution in [0.1, 0.15) is 19.2 Å². The number of halogens is 1. The van der Waals surface area contributed by atoms with Gasteiger partial charge in [-0.1, -0.05) is 28.9 Å². The molecule has 0 bridgehead atoms. The molecule has 1 fully saturated rings. The van der Waals surface area contributed by atoms with Crippen LogP contribution in [-0.2, 0) is 13.0 Å². The molecule has 1 saturated heterocycles. The minimum atomic E-state index is 0.618. The lowest BCUT2D eigenvalue weighted by molar-refractivity contribution is 0.561. The average molecular weight is 434 g/mol. The van der Waals surface area contributed by atoms with E-state index in [1.807, 2.05) is 7.05 Å². The molecule has 27 heavy (non-hydrogen) atoms. The number of rotatable bonds is 7. The highest BCUT2D eigenvalue weighted by Crippen LogP contribution is 2.25. The molecule has 2 heterocycles. The maximum atomic E-state index is 4.33. The van der Waals surface area contributed by atoms with Crippen LogP contribution in [0, 0.1) is 5.92 Å². The highest BCUT2D eigenvalue weighted by Gasteiger charge is 2.22. The molecule has 0 amide bonds. The molecule has 1 unspecified atom stereocenters. The van der Waals surface area contributed by atoms with Crippen molar-refractivity contribution in [1.82, 2.24) is 25.4 Å². The number of anilines is 1. The fraction of sp³-hybridized carbons (Fsp3) is 0.526. The van der Waals surface area contributed by atoms with E-state index in [2.05, 4.69) is 82.4 Å². The lowest BCUT2D eigenvalue weighted by atomic mass is 10.1. The van der Waals surface area contributed by atoms with Crippen molar-refractivity contribution < 1.29 is 0 Å². The van der Waals surface area contributed by atoms with Crippen LogP contribution in [0.5, 0.6) is 0 Å². The second-order valence-electron chi connectivity index (χ2n) is 6.75. The molecule has 7 nitrogen and oxygen atoms in total. The number of aliphatic imine (C=N–C) groups is 1. The van der Waals surface area contributed by atoms with E-state index in [4.69, 9.17) is 0 Å². The third kappa shape index (κ3) is 5.45. The zero-order valence-electron chi connectivity index (χ0n) is 16.0. The smallest absolute Gasteiger partial charge is 0.191 e. The van der Waals surface area contributed by atoms with Gasteiger partial charge in [-0.15, -0.1) is 10.2 Å². The molecule has 146 valence electrons. The molecule has 1 aromatic heterocycles. The van der Waals surface area contributed by atoms with Crippen molar-refractivity contribution in [2.45, 2.75) is 26.3 Å². The molecule has 1 aliphatic rings. The summed E-state index contributed by atoms with van der Waals surface area (Å²) in [5.41, 5.74) is 1.29. The summed E-state index contributed by atoms with van der Waals surface area (Å²) in [4.78, 5) is 6.78. The molecule has 0 saturated carbocycles. The molecular weight excluding hydrogens is 406 g/mol. The standard InChI is InChI=1S/C19H28BrN7/c1-3-18-25-24-14-27(18)10-8-22-19(21-2)23-12-15-7-9-26(13-15)17-6-4-5-16(20)11-17/h4-6,11,14-15H,3,7-10,12-13H2,1-2H3,(H2,21,22,23). The second-order valence-corrected chi connectivity index (χ2v) is 7.67. The van der Waals surface area contributed by atoms with Crippen molar-refractivity contribution in [1.29, 1.82) is 0 Å². The first-order valence-electron chi connectivity index (χ1n) is 9.51. The lowest BCUT2D eigenvalue weighted by Crippen LogP contribution is -2.41. The first-order chi connectivity index (χ1) is 13.2. The number of hydrogen-bond acceptors (Lipinski definition) is 4. The summed E-state index contributed by atoms with van der Waals surface area (Å²) in [7, 11) is 1.81. The molecule has 0 aliphatic carbocycles. The first-order valence-corrected chi connectivity index (χ1v) is 10.3. The highest BCUT2D eigenvalue weighted by molar-refractivity contribution is 9.10. The Kier molecular flexibility index (Phi) is 7.09. The number of nitrogens with zero attached hydrogens (tertiary/aromatic N) is 5. The Bertz CT molecular complexity index is 758. The van der Waals surface area contributed by atoms with Gasteiger partial charge in [-0.2, -0.15) is 0 Å². The Morgan fingerprint density at radius 1 is 1.37 bits per heavy atom. The predicted octanol–water partition coefficient (Wildman–Crippen LogP) is 2.29. The maximum Gasteiger partial charge on any atom is 0.191 e. The lowest BCUT2D eigenvalue weighted by Gasteiger charge is -2.20. The molecule has 0 radical (unpaired) electrons. The number of aryl methyl sites for hydroxylation is 1. The Labute approximate surface area is 169 Å². The third-order valence-electron chi connectivity index (χ3n) is 4.90. The number of benzene rings is 1. The summed E-state index contributed by atoms with van der Waals surface area (Å²) in [6.45, 7) is 6.81. The Morgan fingerprint density at radius 2 is 2.26 bits per heavy atom. The molecule has 8 heteroatoms. The van der Waals surface area contributed by atoms with Gasteiger partial charge >= 0.3 is 0 Å². The van der Waals surface area contributed by atoms with E-state index in [1.54, 1.807) is 6.33 Å². The quantitative estimate of drug-likeness (QED) is 0.517. The summed E-state index contributed by atoms with van der Waals surface area (Å²) < 4.78 is 3.21. The van der Waals surface area contributed by atoms with E-state index in [-0.39, 0.29) is 0 Å². The van der Waals surface area contributed by atoms with Gasteiger partial charge in [-0.25, -0.2) is 0 Å². The molecule has 1 aromatic carbocycles. The topological polar surface area (TPSA) is 70.4 Å². The average Bonchev–Trinajstić information content (AvgIpc) is 3.33. The third-order valence-corrected chi connectivity index (χ3v) is 5.39. The summed E-state index contributed by atoms with van der Waals surface area (Å²) >= 11 is 3.56. The fourth-order valence-corrected chi connectivity index (χ4v) is 3.79. The molecule has 3 rings (SSSR count). The van der Waals surface area contributed by atoms with E-state index in [9.17, 15) is 0 Å². The van der Waals surface area contributed by atoms with Gasteiger partial charge in [-0.3, -0.25) is 4.99 Å². The van der Waals surface area contributed by atoms with E-state index >= 15 is 0 Å². The second kappa shape index (κ2) is 9.73. The van der Waals surface area contributed by atoms with Gasteiger partial charge in [-0.05, 0) is 30.5 Å². The Morgan fingerprint density at radius 3 is 3.04 bits per heavy atom. The number of aromatic nitrogens is 3. The predicted molar refractivity (Wildman–Crippen MR) is 113 cm³/mol. The normalized spacial score (nSPS) is 17.4. The maximum absolute atomic E-state index is 4.33. The van der Waals surface area contributed by atoms with Crippen LogP contribution in [-0.4, -0.2) is 54.0 Å². The zero-order valence-corrected chi connectivity index (χ0v) is 17.6. The number of nitrogens with one attached hydrogen (secondary N) is 2. The monoisotopic (exact) mass is 433 g/mol. The van der Waals surface area contributed by atoms with Crippen molar-refractivity contribution in [3.63, 3.8) is 0 Å². The van der Waals surface area contributed by atoms with Crippen molar-refractivity contribution in [2.24, 2.45) is 10.9 Å². The van der Waals surface area contributed by atoms with Gasteiger partial charge in [0.05, 0.1) is 0 Å². The van der Waals surface area contributed by atoms with Gasteiger partial charge in [0.2, 0.25) is 0 Å². The molecular formula is C19H28BrN7. The summed E-state index contributed by atoms with van der Waals surface area (Å²) in [5, 5.41) is 14.9. The van der Waals surface area contributed by atoms with Gasteiger partial charge in [0.1, 0.15) is 12.2 Å². The van der Waals surface area contributed by atoms with Crippen LogP contribution in [0.2, 0.25) is 0 Å². The fourth-order valence-electron chi connectivity index (χ4n) is 3.40. The van der Waals surface area contributed by atoms with E-state index in [1.165, 1.54) is 12.1 Å². The molecule has 1 aliphatic heterocycles. The number of guanidine groups is 1. The minimum Gasteiger partial charge on any atom is -0.371 e. The Hall–Kier alpha value is -2.09. The van der Waals surface area contributed by atoms with Crippen LogP contribution >= 0.6 is 15.9 Å². The molecule has 2 N–H and O–H groups in total. The van der Waals surface area contributed by atoms with Crippen molar-refractivity contribution in [2.75, 3.05) is 38.1 Å². The van der Waals surface area contributed by atoms with E-state index in [0.717, 1.165) is 55.4 Å². The van der Waals surface area contributed by atoms with Crippen molar-refractivity contribution in [3.05, 3.63) is 40.9 Å².